The Hall–Kier alpha value is 1.02. The fourth-order valence-corrected chi connectivity index (χ4v) is 0.112. The van der Waals surface area contributed by atoms with Gasteiger partial charge in [-0.05, 0) is 0 Å². The molecule has 1 radical (unpaired) electrons. The van der Waals surface area contributed by atoms with Crippen molar-refractivity contribution in [2.75, 3.05) is 13.1 Å². The number of hydrazine groups is 1. The molecule has 0 spiro atoms. The van der Waals surface area contributed by atoms with Crippen molar-refractivity contribution in [2.24, 2.45) is 5.84 Å². The van der Waals surface area contributed by atoms with Crippen LogP contribution in [0.2, 0.25) is 0 Å². The fraction of sp³-hybridized carbons (Fsp3) is 0.500. The predicted octanol–water partition coefficient (Wildman–Crippen LogP) is -0.172. The quantitative estimate of drug-likeness (QED) is 0.358. The van der Waals surface area contributed by atoms with Crippen LogP contribution >= 0.6 is 0 Å². The van der Waals surface area contributed by atoms with Crippen molar-refractivity contribution < 1.29 is 32.7 Å². The van der Waals surface area contributed by atoms with E-state index in [1.165, 1.54) is 5.01 Å². The van der Waals surface area contributed by atoms with E-state index in [4.69, 9.17) is 5.84 Å². The zero-order valence-corrected chi connectivity index (χ0v) is 7.27. The molecule has 0 aromatic heterocycles. The fourth-order valence-electron chi connectivity index (χ4n) is 0.112. The molecule has 0 aliphatic rings. The summed E-state index contributed by atoms with van der Waals surface area (Å²) in [5, 5.41) is 1.53. The molecule has 41 valence electrons. The second-order valence-corrected chi connectivity index (χ2v) is 1.04. The Bertz CT molecular complexity index is 28.9. The second kappa shape index (κ2) is 7.02. The summed E-state index contributed by atoms with van der Waals surface area (Å²) in [4.78, 5) is 0. The Labute approximate surface area is 70.3 Å². The van der Waals surface area contributed by atoms with Gasteiger partial charge in [-0.2, -0.15) is 0 Å². The number of rotatable bonds is 2. The molecule has 0 heterocycles. The van der Waals surface area contributed by atoms with Gasteiger partial charge in [-0.1, -0.05) is 0 Å². The van der Waals surface area contributed by atoms with E-state index < -0.39 is 0 Å². The average molecular weight is 175 g/mol. The average Bonchev–Trinajstić information content (AvgIpc) is 1.65. The minimum atomic E-state index is 0. The van der Waals surface area contributed by atoms with E-state index in [0.717, 1.165) is 0 Å². The largest absolute Gasteiger partial charge is 0.328 e. The molecule has 0 aliphatic heterocycles. The van der Waals surface area contributed by atoms with Gasteiger partial charge in [0, 0.05) is 32.7 Å². The minimum Gasteiger partial charge on any atom is -0.328 e. The Balaban J connectivity index is 0. The molecule has 0 amide bonds. The maximum Gasteiger partial charge on any atom is 0 e. The zero-order valence-electron chi connectivity index (χ0n) is 4.43. The van der Waals surface area contributed by atoms with Gasteiger partial charge in [0.05, 0.1) is 0 Å². The van der Waals surface area contributed by atoms with Crippen LogP contribution < -0.4 is 5.84 Å². The van der Waals surface area contributed by atoms with Gasteiger partial charge in [0.1, 0.15) is 0 Å². The maximum atomic E-state index is 5.18. The maximum absolute atomic E-state index is 5.18. The monoisotopic (exact) mass is 175 g/mol. The van der Waals surface area contributed by atoms with Gasteiger partial charge in [0.2, 0.25) is 0 Å². The molecule has 0 saturated heterocycles. The molecule has 0 aromatic carbocycles. The van der Waals surface area contributed by atoms with Crippen LogP contribution in [0.3, 0.4) is 0 Å². The molecule has 0 aromatic rings. The third-order valence-corrected chi connectivity index (χ3v) is 0.574. The molecule has 0 atom stereocenters. The van der Waals surface area contributed by atoms with Crippen LogP contribution in [0.25, 0.3) is 0 Å². The van der Waals surface area contributed by atoms with Crippen molar-refractivity contribution in [1.29, 1.82) is 0 Å². The van der Waals surface area contributed by atoms with Crippen LogP contribution in [0.4, 0.5) is 0 Å². The van der Waals surface area contributed by atoms with Crippen LogP contribution in [0.5, 0.6) is 0 Å². The van der Waals surface area contributed by atoms with Gasteiger partial charge in [-0.15, -0.1) is 13.1 Å². The Morgan fingerprint density at radius 2 is 1.57 bits per heavy atom. The van der Waals surface area contributed by atoms with Crippen molar-refractivity contribution in [3.63, 3.8) is 0 Å². The Morgan fingerprint density at radius 3 is 1.57 bits per heavy atom. The van der Waals surface area contributed by atoms with E-state index in [9.17, 15) is 0 Å². The smallest absolute Gasteiger partial charge is 0 e. The van der Waals surface area contributed by atoms with Gasteiger partial charge in [0.25, 0.3) is 0 Å². The third-order valence-electron chi connectivity index (χ3n) is 0.574. The molecule has 0 bridgehead atoms. The molecule has 2 N–H and O–H groups in total. The summed E-state index contributed by atoms with van der Waals surface area (Å²) in [5.74, 6) is 5.18. The van der Waals surface area contributed by atoms with E-state index in [1.54, 1.807) is 0 Å². The van der Waals surface area contributed by atoms with E-state index in [0.29, 0.717) is 13.1 Å². The molecule has 2 nitrogen and oxygen atoms in total. The summed E-state index contributed by atoms with van der Waals surface area (Å²) in [5.41, 5.74) is 0. The molecule has 0 saturated carbocycles. The van der Waals surface area contributed by atoms with Gasteiger partial charge in [-0.25, -0.2) is 0 Å². The molecule has 0 fully saturated rings. The first-order valence-corrected chi connectivity index (χ1v) is 1.89. The van der Waals surface area contributed by atoms with Gasteiger partial charge in [-0.3, -0.25) is 5.84 Å². The summed E-state index contributed by atoms with van der Waals surface area (Å²) < 4.78 is 0. The molecule has 7 heavy (non-hydrogen) atoms. The molecular weight excluding hydrogens is 165 g/mol. The topological polar surface area (TPSA) is 29.3 Å². The van der Waals surface area contributed by atoms with E-state index in [2.05, 4.69) is 13.8 Å². The Morgan fingerprint density at radius 1 is 1.29 bits per heavy atom. The van der Waals surface area contributed by atoms with Crippen LogP contribution in [0, 0.1) is 13.8 Å². The van der Waals surface area contributed by atoms with Crippen molar-refractivity contribution in [1.82, 2.24) is 5.01 Å². The molecular formula is C4H10N2Y-2. The van der Waals surface area contributed by atoms with E-state index in [-0.39, 0.29) is 32.7 Å². The van der Waals surface area contributed by atoms with E-state index in [1.807, 2.05) is 0 Å². The first-order valence-electron chi connectivity index (χ1n) is 1.89. The van der Waals surface area contributed by atoms with Crippen LogP contribution in [-0.4, -0.2) is 18.1 Å². The SMILES string of the molecule is [CH2-]CN(N)C[CH2-].[Y]. The summed E-state index contributed by atoms with van der Waals surface area (Å²) in [6.45, 7) is 8.29. The van der Waals surface area contributed by atoms with Crippen LogP contribution in [-0.2, 0) is 32.7 Å². The van der Waals surface area contributed by atoms with E-state index >= 15 is 0 Å². The summed E-state index contributed by atoms with van der Waals surface area (Å²) in [6.07, 6.45) is 0. The summed E-state index contributed by atoms with van der Waals surface area (Å²) in [6, 6.07) is 0. The molecule has 0 rings (SSSR count). The first kappa shape index (κ1) is 10.9. The predicted molar refractivity (Wildman–Crippen MR) is 26.5 cm³/mol. The Kier molecular flexibility index (Phi) is 10.9. The molecule has 0 aliphatic carbocycles. The molecule has 0 unspecified atom stereocenters. The standard InChI is InChI=1S/C4H10N2.Y/c1-3-6(5)4-2;/h1-5H2;/q-2;. The normalized spacial score (nSPS) is 8.57. The van der Waals surface area contributed by atoms with Crippen LogP contribution in [0.15, 0.2) is 0 Å². The zero-order chi connectivity index (χ0) is 4.99. The first-order chi connectivity index (χ1) is 2.81. The number of hydrogen-bond acceptors (Lipinski definition) is 2. The van der Waals surface area contributed by atoms with Crippen molar-refractivity contribution >= 4 is 0 Å². The summed E-state index contributed by atoms with van der Waals surface area (Å²) >= 11 is 0. The third kappa shape index (κ3) is 7.02. The second-order valence-electron chi connectivity index (χ2n) is 1.04. The minimum absolute atomic E-state index is 0. The van der Waals surface area contributed by atoms with Gasteiger partial charge < -0.3 is 18.9 Å². The van der Waals surface area contributed by atoms with Gasteiger partial charge >= 0.3 is 0 Å². The molecule has 3 heteroatoms. The van der Waals surface area contributed by atoms with Crippen molar-refractivity contribution in [3.8, 4) is 0 Å². The number of nitrogens with zero attached hydrogens (tertiary/aromatic N) is 1. The van der Waals surface area contributed by atoms with Crippen LogP contribution in [0.1, 0.15) is 0 Å². The van der Waals surface area contributed by atoms with Crippen molar-refractivity contribution in [2.45, 2.75) is 0 Å². The van der Waals surface area contributed by atoms with Crippen molar-refractivity contribution in [3.05, 3.63) is 13.8 Å². The number of hydrogen-bond donors (Lipinski definition) is 1. The number of nitrogens with two attached hydrogens (primary N) is 1. The summed E-state index contributed by atoms with van der Waals surface area (Å²) in [7, 11) is 0. The van der Waals surface area contributed by atoms with Gasteiger partial charge in [0.15, 0.2) is 0 Å².